The molecule has 2 aromatic heterocycles. The quantitative estimate of drug-likeness (QED) is 0.772. The highest BCUT2D eigenvalue weighted by Crippen LogP contribution is 2.36. The molecule has 0 saturated heterocycles. The molecule has 0 aliphatic carbocycles. The van der Waals surface area contributed by atoms with Gasteiger partial charge in [0.1, 0.15) is 17.2 Å². The van der Waals surface area contributed by atoms with Gasteiger partial charge in [0.15, 0.2) is 0 Å². The summed E-state index contributed by atoms with van der Waals surface area (Å²) < 4.78 is 15.5. The first-order valence-corrected chi connectivity index (χ1v) is 8.78. The number of carbonyl (C=O) groups excluding carboxylic acids is 1. The SMILES string of the molecule is Cc1cccc2nc(C(=O)N[C@@H]3CCSc4ccc(F)cc43)cn12. The van der Waals surface area contributed by atoms with Gasteiger partial charge in [-0.3, -0.25) is 4.79 Å². The van der Waals surface area contributed by atoms with Crippen LogP contribution in [0.15, 0.2) is 47.5 Å². The lowest BCUT2D eigenvalue weighted by atomic mass is 10.0. The number of rotatable bonds is 2. The molecule has 0 radical (unpaired) electrons. The molecule has 122 valence electrons. The van der Waals surface area contributed by atoms with Gasteiger partial charge >= 0.3 is 0 Å². The van der Waals surface area contributed by atoms with Gasteiger partial charge in [-0.1, -0.05) is 6.07 Å². The molecule has 0 fully saturated rings. The van der Waals surface area contributed by atoms with E-state index in [0.717, 1.165) is 34.0 Å². The van der Waals surface area contributed by atoms with Crippen LogP contribution in [0.4, 0.5) is 4.39 Å². The van der Waals surface area contributed by atoms with Crippen LogP contribution in [0.1, 0.15) is 34.2 Å². The molecule has 24 heavy (non-hydrogen) atoms. The van der Waals surface area contributed by atoms with Crippen molar-refractivity contribution in [3.05, 3.63) is 65.4 Å². The number of aryl methyl sites for hydroxylation is 1. The van der Waals surface area contributed by atoms with E-state index < -0.39 is 0 Å². The molecule has 6 heteroatoms. The molecule has 0 spiro atoms. The van der Waals surface area contributed by atoms with E-state index in [4.69, 9.17) is 0 Å². The Kier molecular flexibility index (Phi) is 3.76. The van der Waals surface area contributed by atoms with Crippen LogP contribution in [-0.2, 0) is 0 Å². The molecule has 0 unspecified atom stereocenters. The average molecular weight is 341 g/mol. The van der Waals surface area contributed by atoms with Gasteiger partial charge in [0.05, 0.1) is 6.04 Å². The zero-order valence-corrected chi connectivity index (χ0v) is 13.9. The topological polar surface area (TPSA) is 46.4 Å². The third-order valence-corrected chi connectivity index (χ3v) is 5.37. The number of hydrogen-bond acceptors (Lipinski definition) is 3. The summed E-state index contributed by atoms with van der Waals surface area (Å²) in [5.41, 5.74) is 2.98. The van der Waals surface area contributed by atoms with Gasteiger partial charge in [-0.05, 0) is 49.2 Å². The van der Waals surface area contributed by atoms with Gasteiger partial charge in [-0.25, -0.2) is 9.37 Å². The maximum atomic E-state index is 13.6. The molecule has 0 saturated carbocycles. The molecule has 1 aliphatic rings. The van der Waals surface area contributed by atoms with E-state index in [2.05, 4.69) is 10.3 Å². The second-order valence-corrected chi connectivity index (χ2v) is 7.00. The van der Waals surface area contributed by atoms with Crippen LogP contribution < -0.4 is 5.32 Å². The van der Waals surface area contributed by atoms with Crippen LogP contribution >= 0.6 is 11.8 Å². The van der Waals surface area contributed by atoms with Crippen LogP contribution in [0.25, 0.3) is 5.65 Å². The summed E-state index contributed by atoms with van der Waals surface area (Å²) in [4.78, 5) is 18.0. The second-order valence-electron chi connectivity index (χ2n) is 5.87. The molecule has 4 rings (SSSR count). The Bertz CT molecular complexity index is 937. The van der Waals surface area contributed by atoms with Crippen LogP contribution in [-0.4, -0.2) is 21.0 Å². The van der Waals surface area contributed by atoms with E-state index in [1.165, 1.54) is 12.1 Å². The summed E-state index contributed by atoms with van der Waals surface area (Å²) in [5, 5.41) is 3.00. The number of thioether (sulfide) groups is 1. The molecule has 1 atom stereocenters. The van der Waals surface area contributed by atoms with E-state index >= 15 is 0 Å². The van der Waals surface area contributed by atoms with Crippen molar-refractivity contribution in [3.8, 4) is 0 Å². The maximum Gasteiger partial charge on any atom is 0.271 e. The Morgan fingerprint density at radius 1 is 1.38 bits per heavy atom. The number of nitrogens with zero attached hydrogens (tertiary/aromatic N) is 2. The summed E-state index contributed by atoms with van der Waals surface area (Å²) >= 11 is 1.69. The maximum absolute atomic E-state index is 13.6. The smallest absolute Gasteiger partial charge is 0.271 e. The van der Waals surface area contributed by atoms with Crippen molar-refractivity contribution in [3.63, 3.8) is 0 Å². The number of nitrogens with one attached hydrogen (secondary N) is 1. The third kappa shape index (κ3) is 2.67. The van der Waals surface area contributed by atoms with Crippen LogP contribution in [0.2, 0.25) is 0 Å². The standard InChI is InChI=1S/C18H16FN3OS/c1-11-3-2-4-17-20-15(10-22(11)17)18(23)21-14-7-8-24-16-6-5-12(19)9-13(14)16/h2-6,9-10,14H,7-8H2,1H3,(H,21,23)/t14-/m1/s1. The lowest BCUT2D eigenvalue weighted by molar-refractivity contribution is 0.0930. The second kappa shape index (κ2) is 5.94. The fourth-order valence-corrected chi connectivity index (χ4v) is 4.11. The van der Waals surface area contributed by atoms with Crippen LogP contribution in [0.5, 0.6) is 0 Å². The lowest BCUT2D eigenvalue weighted by Crippen LogP contribution is -2.31. The molecule has 4 nitrogen and oxygen atoms in total. The number of benzene rings is 1. The number of aromatic nitrogens is 2. The Labute approximate surface area is 143 Å². The van der Waals surface area contributed by atoms with E-state index in [1.807, 2.05) is 29.5 Å². The molecule has 1 amide bonds. The minimum atomic E-state index is -0.279. The minimum absolute atomic E-state index is 0.185. The average Bonchev–Trinajstić information content (AvgIpc) is 3.01. The minimum Gasteiger partial charge on any atom is -0.344 e. The van der Waals surface area contributed by atoms with Crippen molar-refractivity contribution >= 4 is 23.3 Å². The van der Waals surface area contributed by atoms with Gasteiger partial charge in [0.2, 0.25) is 0 Å². The first kappa shape index (κ1) is 15.2. The number of imidazole rings is 1. The first-order valence-electron chi connectivity index (χ1n) is 7.79. The first-order chi connectivity index (χ1) is 11.6. The Morgan fingerprint density at radius 3 is 3.08 bits per heavy atom. The summed E-state index contributed by atoms with van der Waals surface area (Å²) in [7, 11) is 0. The molecular weight excluding hydrogens is 325 g/mol. The van der Waals surface area contributed by atoms with E-state index in [-0.39, 0.29) is 17.8 Å². The van der Waals surface area contributed by atoms with E-state index in [0.29, 0.717) is 5.69 Å². The highest BCUT2D eigenvalue weighted by molar-refractivity contribution is 7.99. The van der Waals surface area contributed by atoms with Crippen molar-refractivity contribution in [2.75, 3.05) is 5.75 Å². The zero-order valence-electron chi connectivity index (χ0n) is 13.1. The number of pyridine rings is 1. The van der Waals surface area contributed by atoms with E-state index in [9.17, 15) is 9.18 Å². The summed E-state index contributed by atoms with van der Waals surface area (Å²) in [6.45, 7) is 1.97. The molecular formula is C18H16FN3OS. The normalized spacial score (nSPS) is 16.8. The fourth-order valence-electron chi connectivity index (χ4n) is 3.01. The monoisotopic (exact) mass is 341 g/mol. The van der Waals surface area contributed by atoms with Crippen LogP contribution in [0, 0.1) is 12.7 Å². The van der Waals surface area contributed by atoms with Crippen molar-refractivity contribution in [1.82, 2.24) is 14.7 Å². The predicted octanol–water partition coefficient (Wildman–Crippen LogP) is 3.75. The number of fused-ring (bicyclic) bond motifs is 2. The largest absolute Gasteiger partial charge is 0.344 e. The molecule has 1 N–H and O–H groups in total. The van der Waals surface area contributed by atoms with E-state index in [1.54, 1.807) is 24.0 Å². The van der Waals surface area contributed by atoms with Crippen LogP contribution in [0.3, 0.4) is 0 Å². The number of halogens is 1. The third-order valence-electron chi connectivity index (χ3n) is 4.25. The predicted molar refractivity (Wildman–Crippen MR) is 91.9 cm³/mol. The Morgan fingerprint density at radius 2 is 2.25 bits per heavy atom. The summed E-state index contributed by atoms with van der Waals surface area (Å²) in [5.74, 6) is 0.387. The summed E-state index contributed by atoms with van der Waals surface area (Å²) in [6, 6.07) is 10.3. The lowest BCUT2D eigenvalue weighted by Gasteiger charge is -2.25. The Hall–Kier alpha value is -2.34. The summed E-state index contributed by atoms with van der Waals surface area (Å²) in [6.07, 6.45) is 2.52. The van der Waals surface area contributed by atoms with Gasteiger partial charge < -0.3 is 9.72 Å². The molecule has 3 heterocycles. The van der Waals surface area contributed by atoms with Crippen molar-refractivity contribution < 1.29 is 9.18 Å². The highest BCUT2D eigenvalue weighted by atomic mass is 32.2. The van der Waals surface area contributed by atoms with Crippen molar-refractivity contribution in [2.45, 2.75) is 24.3 Å². The molecule has 1 aromatic carbocycles. The van der Waals surface area contributed by atoms with Gasteiger partial charge in [-0.2, -0.15) is 0 Å². The Balaban J connectivity index is 1.62. The molecule has 0 bridgehead atoms. The number of carbonyl (C=O) groups is 1. The van der Waals surface area contributed by atoms with Gasteiger partial charge in [-0.15, -0.1) is 11.8 Å². The van der Waals surface area contributed by atoms with Gasteiger partial charge in [0.25, 0.3) is 5.91 Å². The fraction of sp³-hybridized carbons (Fsp3) is 0.222. The zero-order chi connectivity index (χ0) is 16.7. The number of amides is 1. The molecule has 3 aromatic rings. The van der Waals surface area contributed by atoms with Crippen molar-refractivity contribution in [1.29, 1.82) is 0 Å². The van der Waals surface area contributed by atoms with Gasteiger partial charge in [0, 0.05) is 22.5 Å². The highest BCUT2D eigenvalue weighted by Gasteiger charge is 2.24. The molecule has 1 aliphatic heterocycles. The van der Waals surface area contributed by atoms with Crippen molar-refractivity contribution in [2.24, 2.45) is 0 Å². The number of hydrogen-bond donors (Lipinski definition) is 1.